The van der Waals surface area contributed by atoms with E-state index in [1.807, 2.05) is 4.90 Å². The minimum atomic E-state index is -0.338. The molecule has 1 saturated heterocycles. The highest BCUT2D eigenvalue weighted by Gasteiger charge is 2.36. The molecule has 2 fully saturated rings. The number of carbonyl (C=O) groups excluding carboxylic acids is 2. The van der Waals surface area contributed by atoms with Gasteiger partial charge in [0.1, 0.15) is 6.04 Å². The van der Waals surface area contributed by atoms with E-state index >= 15 is 0 Å². The third-order valence-electron chi connectivity index (χ3n) is 4.03. The van der Waals surface area contributed by atoms with E-state index in [1.165, 1.54) is 6.92 Å². The van der Waals surface area contributed by atoms with Gasteiger partial charge in [-0.15, -0.1) is 0 Å². The summed E-state index contributed by atoms with van der Waals surface area (Å²) < 4.78 is 0. The van der Waals surface area contributed by atoms with E-state index < -0.39 is 0 Å². The van der Waals surface area contributed by atoms with Crippen LogP contribution in [0, 0.1) is 5.92 Å². The minimum absolute atomic E-state index is 0.0602. The Morgan fingerprint density at radius 1 is 1.28 bits per heavy atom. The summed E-state index contributed by atoms with van der Waals surface area (Å²) in [5, 5.41) is 2.84. The van der Waals surface area contributed by atoms with Crippen molar-refractivity contribution in [2.24, 2.45) is 11.7 Å². The Hall–Kier alpha value is -1.10. The summed E-state index contributed by atoms with van der Waals surface area (Å²) >= 11 is 0. The van der Waals surface area contributed by atoms with Crippen molar-refractivity contribution in [3.05, 3.63) is 0 Å². The van der Waals surface area contributed by atoms with Crippen molar-refractivity contribution in [1.29, 1.82) is 0 Å². The topological polar surface area (TPSA) is 75.4 Å². The molecule has 1 saturated carbocycles. The fourth-order valence-corrected chi connectivity index (χ4v) is 3.08. The number of nitrogens with one attached hydrogen (secondary N) is 1. The largest absolute Gasteiger partial charge is 0.344 e. The minimum Gasteiger partial charge on any atom is -0.344 e. The van der Waals surface area contributed by atoms with Crippen LogP contribution in [0.3, 0.4) is 0 Å². The summed E-state index contributed by atoms with van der Waals surface area (Å²) in [7, 11) is 0. The standard InChI is InChI=1S/C13H23N3O2/c1-9(17)15-12(10-4-2-3-5-10)13(18)16-7-6-11(14)8-16/h10-12H,2-8,14H2,1H3,(H,15,17)/t11-,12?/m0/s1. The van der Waals surface area contributed by atoms with Crippen LogP contribution in [0.25, 0.3) is 0 Å². The predicted octanol–water partition coefficient (Wildman–Crippen LogP) is 0.241. The molecule has 0 aromatic carbocycles. The molecule has 102 valence electrons. The van der Waals surface area contributed by atoms with Crippen molar-refractivity contribution < 1.29 is 9.59 Å². The van der Waals surface area contributed by atoms with E-state index in [2.05, 4.69) is 5.32 Å². The monoisotopic (exact) mass is 253 g/mol. The van der Waals surface area contributed by atoms with Gasteiger partial charge in [-0.05, 0) is 25.2 Å². The molecule has 2 rings (SSSR count). The lowest BCUT2D eigenvalue weighted by Gasteiger charge is -2.28. The third-order valence-corrected chi connectivity index (χ3v) is 4.03. The molecule has 1 unspecified atom stereocenters. The van der Waals surface area contributed by atoms with Crippen LogP contribution in [-0.2, 0) is 9.59 Å². The molecule has 5 nitrogen and oxygen atoms in total. The van der Waals surface area contributed by atoms with Crippen molar-refractivity contribution >= 4 is 11.8 Å². The lowest BCUT2D eigenvalue weighted by molar-refractivity contribution is -0.136. The van der Waals surface area contributed by atoms with Gasteiger partial charge in [-0.2, -0.15) is 0 Å². The summed E-state index contributed by atoms with van der Waals surface area (Å²) in [4.78, 5) is 25.6. The molecule has 0 bridgehead atoms. The van der Waals surface area contributed by atoms with Gasteiger partial charge in [0.05, 0.1) is 0 Å². The Morgan fingerprint density at radius 3 is 2.44 bits per heavy atom. The number of likely N-dealkylation sites (tertiary alicyclic amines) is 1. The highest BCUT2D eigenvalue weighted by Crippen LogP contribution is 2.29. The molecular formula is C13H23N3O2. The molecule has 0 aromatic rings. The van der Waals surface area contributed by atoms with Crippen LogP contribution in [-0.4, -0.2) is 41.9 Å². The van der Waals surface area contributed by atoms with Gasteiger partial charge in [0.25, 0.3) is 0 Å². The van der Waals surface area contributed by atoms with Gasteiger partial charge >= 0.3 is 0 Å². The molecule has 0 radical (unpaired) electrons. The van der Waals surface area contributed by atoms with Gasteiger partial charge in [0.15, 0.2) is 0 Å². The Balaban J connectivity index is 2.02. The van der Waals surface area contributed by atoms with Crippen molar-refractivity contribution in [3.8, 4) is 0 Å². The quantitative estimate of drug-likeness (QED) is 0.756. The predicted molar refractivity (Wildman–Crippen MR) is 68.7 cm³/mol. The number of carbonyl (C=O) groups is 2. The van der Waals surface area contributed by atoms with E-state index in [9.17, 15) is 9.59 Å². The number of rotatable bonds is 3. The van der Waals surface area contributed by atoms with Gasteiger partial charge in [0, 0.05) is 26.1 Å². The lowest BCUT2D eigenvalue weighted by atomic mass is 9.96. The van der Waals surface area contributed by atoms with Crippen LogP contribution in [0.5, 0.6) is 0 Å². The summed E-state index contributed by atoms with van der Waals surface area (Å²) in [6, 6.07) is -0.245. The number of nitrogens with two attached hydrogens (primary N) is 1. The maximum atomic E-state index is 12.5. The first-order valence-corrected chi connectivity index (χ1v) is 6.89. The van der Waals surface area contributed by atoms with E-state index in [1.54, 1.807) is 0 Å². The first-order valence-electron chi connectivity index (χ1n) is 6.89. The molecule has 1 aliphatic carbocycles. The molecular weight excluding hydrogens is 230 g/mol. The second-order valence-electron chi connectivity index (χ2n) is 5.56. The Labute approximate surface area is 108 Å². The first-order chi connectivity index (χ1) is 8.58. The second kappa shape index (κ2) is 5.69. The van der Waals surface area contributed by atoms with E-state index in [0.29, 0.717) is 12.5 Å². The lowest BCUT2D eigenvalue weighted by Crippen LogP contribution is -2.51. The van der Waals surface area contributed by atoms with Crippen molar-refractivity contribution in [2.45, 2.75) is 51.1 Å². The van der Waals surface area contributed by atoms with E-state index in [4.69, 9.17) is 5.73 Å². The van der Waals surface area contributed by atoms with E-state index in [-0.39, 0.29) is 23.9 Å². The Morgan fingerprint density at radius 2 is 1.94 bits per heavy atom. The van der Waals surface area contributed by atoms with Crippen molar-refractivity contribution in [2.75, 3.05) is 13.1 Å². The van der Waals surface area contributed by atoms with Gasteiger partial charge in [-0.25, -0.2) is 0 Å². The zero-order valence-corrected chi connectivity index (χ0v) is 11.0. The van der Waals surface area contributed by atoms with E-state index in [0.717, 1.165) is 38.6 Å². The molecule has 0 aromatic heterocycles. The maximum Gasteiger partial charge on any atom is 0.245 e. The Kier molecular flexibility index (Phi) is 4.22. The van der Waals surface area contributed by atoms with Gasteiger partial charge in [0.2, 0.25) is 11.8 Å². The summed E-state index contributed by atoms with van der Waals surface area (Å²) in [6.07, 6.45) is 5.26. The molecule has 2 atom stereocenters. The second-order valence-corrected chi connectivity index (χ2v) is 5.56. The molecule has 5 heteroatoms. The van der Waals surface area contributed by atoms with Crippen molar-refractivity contribution in [3.63, 3.8) is 0 Å². The van der Waals surface area contributed by atoms with Crippen LogP contribution in [0.4, 0.5) is 0 Å². The van der Waals surface area contributed by atoms with Crippen LogP contribution < -0.4 is 11.1 Å². The molecule has 18 heavy (non-hydrogen) atoms. The van der Waals surface area contributed by atoms with Gasteiger partial charge in [-0.3, -0.25) is 9.59 Å². The average molecular weight is 253 g/mol. The summed E-state index contributed by atoms with van der Waals surface area (Å²) in [5.74, 6) is 0.243. The van der Waals surface area contributed by atoms with Crippen molar-refractivity contribution in [1.82, 2.24) is 10.2 Å². The zero-order chi connectivity index (χ0) is 13.1. The fraction of sp³-hybridized carbons (Fsp3) is 0.846. The molecule has 2 aliphatic rings. The number of nitrogens with zero attached hydrogens (tertiary/aromatic N) is 1. The number of hydrogen-bond donors (Lipinski definition) is 2. The number of amides is 2. The molecule has 2 amide bonds. The third kappa shape index (κ3) is 3.02. The fourth-order valence-electron chi connectivity index (χ4n) is 3.08. The summed E-state index contributed by atoms with van der Waals surface area (Å²) in [5.41, 5.74) is 5.84. The average Bonchev–Trinajstić information content (AvgIpc) is 2.95. The van der Waals surface area contributed by atoms with Crippen LogP contribution in [0.15, 0.2) is 0 Å². The Bertz CT molecular complexity index is 326. The smallest absolute Gasteiger partial charge is 0.245 e. The number of hydrogen-bond acceptors (Lipinski definition) is 3. The zero-order valence-electron chi connectivity index (χ0n) is 11.0. The first kappa shape index (κ1) is 13.3. The van der Waals surface area contributed by atoms with Gasteiger partial charge in [-0.1, -0.05) is 12.8 Å². The van der Waals surface area contributed by atoms with Gasteiger partial charge < -0.3 is 16.0 Å². The molecule has 1 aliphatic heterocycles. The highest BCUT2D eigenvalue weighted by atomic mass is 16.2. The molecule has 0 spiro atoms. The molecule has 1 heterocycles. The van der Waals surface area contributed by atoms with Crippen LogP contribution >= 0.6 is 0 Å². The summed E-state index contributed by atoms with van der Waals surface area (Å²) in [6.45, 7) is 2.83. The normalized spacial score (nSPS) is 26.3. The van der Waals surface area contributed by atoms with Crippen LogP contribution in [0.2, 0.25) is 0 Å². The highest BCUT2D eigenvalue weighted by molar-refractivity contribution is 5.87. The molecule has 3 N–H and O–H groups in total. The maximum absolute atomic E-state index is 12.5. The van der Waals surface area contributed by atoms with Crippen LogP contribution in [0.1, 0.15) is 39.0 Å². The SMILES string of the molecule is CC(=O)NC(C(=O)N1CC[C@H](N)C1)C1CCCC1.